The van der Waals surface area contributed by atoms with Crippen LogP contribution in [-0.2, 0) is 6.42 Å². The summed E-state index contributed by atoms with van der Waals surface area (Å²) >= 11 is 1.41. The minimum Gasteiger partial charge on any atom is -0.491 e. The van der Waals surface area contributed by atoms with E-state index in [1.165, 1.54) is 33.3 Å². The zero-order valence-corrected chi connectivity index (χ0v) is 20.7. The minimum absolute atomic E-state index is 0.0799. The summed E-state index contributed by atoms with van der Waals surface area (Å²) in [7, 11) is 0. The first kappa shape index (κ1) is 24.7. The molecule has 2 aliphatic heterocycles. The number of ether oxygens (including phenoxy) is 1. The molecule has 0 saturated carbocycles. The zero-order chi connectivity index (χ0) is 26.4. The first-order valence-corrected chi connectivity index (χ1v) is 12.7. The molecule has 0 N–H and O–H groups in total. The van der Waals surface area contributed by atoms with Gasteiger partial charge < -0.3 is 9.64 Å². The van der Waals surface area contributed by atoms with Gasteiger partial charge in [-0.1, -0.05) is 0 Å². The van der Waals surface area contributed by atoms with Crippen LogP contribution in [0, 0.1) is 11.6 Å². The Kier molecular flexibility index (Phi) is 6.26. The van der Waals surface area contributed by atoms with Gasteiger partial charge >= 0.3 is 6.18 Å². The summed E-state index contributed by atoms with van der Waals surface area (Å²) in [5, 5.41) is 4.15. The van der Waals surface area contributed by atoms with E-state index in [1.807, 2.05) is 23.1 Å². The van der Waals surface area contributed by atoms with Gasteiger partial charge in [0.15, 0.2) is 11.6 Å². The van der Waals surface area contributed by atoms with Crippen LogP contribution in [0.25, 0.3) is 27.0 Å². The monoisotopic (exact) mass is 548 g/mol. The topological polar surface area (TPSA) is 59.3 Å². The van der Waals surface area contributed by atoms with Crippen LogP contribution in [0.2, 0.25) is 0 Å². The van der Waals surface area contributed by atoms with Crippen molar-refractivity contribution in [2.24, 2.45) is 0 Å². The number of aromatic nitrogens is 4. The molecule has 4 aromatic rings. The van der Waals surface area contributed by atoms with Gasteiger partial charge in [-0.05, 0) is 35.9 Å². The standard InChI is InChI=1S/C25H21F5N6OS/c26-16-1-2-18(17(27)12-16)36-24(31-14-32-36)20-11-15-5-10-37-19-3-4-21(33-22(19)23(15)38-20)35-8-6-34(7-9-35)13-25(28,29)30/h1-4,11-12,14H,5-10,13H2. The maximum atomic E-state index is 14.5. The molecule has 1 aromatic carbocycles. The number of hydrogen-bond donors (Lipinski definition) is 0. The fraction of sp³-hybridized carbons (Fsp3) is 0.320. The molecule has 0 aliphatic carbocycles. The van der Waals surface area contributed by atoms with Crippen LogP contribution in [0.15, 0.2) is 42.7 Å². The van der Waals surface area contributed by atoms with Gasteiger partial charge in [-0.2, -0.15) is 18.3 Å². The van der Waals surface area contributed by atoms with E-state index in [4.69, 9.17) is 9.72 Å². The predicted octanol–water partition coefficient (Wildman–Crippen LogP) is 4.96. The SMILES string of the molecule is Fc1ccc(-n2ncnc2-c2cc3c(s2)-c2nc(N4CCN(CC(F)(F)F)CC4)ccc2OCC3)c(F)c1. The number of hydrogen-bond acceptors (Lipinski definition) is 7. The molecule has 0 bridgehead atoms. The average molecular weight is 549 g/mol. The first-order valence-electron chi connectivity index (χ1n) is 11.9. The molecule has 0 unspecified atom stereocenters. The summed E-state index contributed by atoms with van der Waals surface area (Å²) in [4.78, 5) is 14.2. The molecule has 7 nitrogen and oxygen atoms in total. The van der Waals surface area contributed by atoms with Gasteiger partial charge in [0.25, 0.3) is 0 Å². The number of halogens is 5. The van der Waals surface area contributed by atoms with E-state index in [0.29, 0.717) is 62.3 Å². The molecule has 0 amide bonds. The van der Waals surface area contributed by atoms with Crippen molar-refractivity contribution in [3.8, 4) is 32.7 Å². The summed E-state index contributed by atoms with van der Waals surface area (Å²) in [6, 6.07) is 8.88. The Bertz CT molecular complexity index is 1480. The molecule has 13 heteroatoms. The van der Waals surface area contributed by atoms with Crippen LogP contribution in [0.4, 0.5) is 27.8 Å². The van der Waals surface area contributed by atoms with Crippen molar-refractivity contribution >= 4 is 17.2 Å². The lowest BCUT2D eigenvalue weighted by Gasteiger charge is -2.35. The highest BCUT2D eigenvalue weighted by molar-refractivity contribution is 7.19. The first-order chi connectivity index (χ1) is 18.2. The van der Waals surface area contributed by atoms with Crippen molar-refractivity contribution in [1.29, 1.82) is 0 Å². The largest absolute Gasteiger partial charge is 0.491 e. The smallest absolute Gasteiger partial charge is 0.401 e. The van der Waals surface area contributed by atoms with Crippen LogP contribution in [-0.4, -0.2) is 70.2 Å². The third-order valence-electron chi connectivity index (χ3n) is 6.50. The van der Waals surface area contributed by atoms with Crippen molar-refractivity contribution in [3.63, 3.8) is 0 Å². The lowest BCUT2D eigenvalue weighted by molar-refractivity contribution is -0.146. The van der Waals surface area contributed by atoms with E-state index in [-0.39, 0.29) is 5.69 Å². The van der Waals surface area contributed by atoms with Crippen LogP contribution >= 0.6 is 11.3 Å². The highest BCUT2D eigenvalue weighted by atomic mass is 32.1. The van der Waals surface area contributed by atoms with Crippen molar-refractivity contribution < 1.29 is 26.7 Å². The van der Waals surface area contributed by atoms with Crippen LogP contribution in [0.5, 0.6) is 5.75 Å². The Morgan fingerprint density at radius 2 is 1.82 bits per heavy atom. The molecule has 2 aliphatic rings. The minimum atomic E-state index is -4.22. The lowest BCUT2D eigenvalue weighted by atomic mass is 10.1. The summed E-state index contributed by atoms with van der Waals surface area (Å²) < 4.78 is 73.5. The van der Waals surface area contributed by atoms with Crippen LogP contribution in [0.1, 0.15) is 5.56 Å². The molecule has 0 spiro atoms. The Morgan fingerprint density at radius 1 is 1.00 bits per heavy atom. The zero-order valence-electron chi connectivity index (χ0n) is 19.9. The average Bonchev–Trinajstić information content (AvgIpc) is 3.48. The molecule has 1 saturated heterocycles. The number of piperazine rings is 1. The van der Waals surface area contributed by atoms with Gasteiger partial charge in [-0.25, -0.2) is 23.4 Å². The number of anilines is 1. The van der Waals surface area contributed by atoms with Crippen molar-refractivity contribution in [2.45, 2.75) is 12.6 Å². The Morgan fingerprint density at radius 3 is 2.58 bits per heavy atom. The van der Waals surface area contributed by atoms with Gasteiger partial charge in [0, 0.05) is 38.7 Å². The number of fused-ring (bicyclic) bond motifs is 3. The lowest BCUT2D eigenvalue weighted by Crippen LogP contribution is -2.49. The highest BCUT2D eigenvalue weighted by Crippen LogP contribution is 2.43. The molecular formula is C25H21F5N6OS. The molecule has 198 valence electrons. The van der Waals surface area contributed by atoms with Crippen LogP contribution < -0.4 is 9.64 Å². The van der Waals surface area contributed by atoms with Crippen LogP contribution in [0.3, 0.4) is 0 Å². The second-order valence-electron chi connectivity index (χ2n) is 9.05. The van der Waals surface area contributed by atoms with Crippen molar-refractivity contribution in [1.82, 2.24) is 24.6 Å². The molecule has 5 heterocycles. The fourth-order valence-corrected chi connectivity index (χ4v) is 5.90. The number of nitrogens with zero attached hydrogens (tertiary/aromatic N) is 6. The van der Waals surface area contributed by atoms with E-state index in [0.717, 1.165) is 27.5 Å². The van der Waals surface area contributed by atoms with Gasteiger partial charge in [0.05, 0.1) is 22.9 Å². The van der Waals surface area contributed by atoms with E-state index >= 15 is 0 Å². The molecule has 0 radical (unpaired) electrons. The van der Waals surface area contributed by atoms with E-state index in [1.54, 1.807) is 0 Å². The van der Waals surface area contributed by atoms with E-state index < -0.39 is 24.4 Å². The van der Waals surface area contributed by atoms with Gasteiger partial charge in [0.2, 0.25) is 0 Å². The Labute approximate surface area is 218 Å². The summed E-state index contributed by atoms with van der Waals surface area (Å²) in [6.07, 6.45) is -2.29. The maximum Gasteiger partial charge on any atom is 0.401 e. The highest BCUT2D eigenvalue weighted by Gasteiger charge is 2.32. The molecule has 6 rings (SSSR count). The molecule has 0 atom stereocenters. The third-order valence-corrected chi connectivity index (χ3v) is 7.68. The summed E-state index contributed by atoms with van der Waals surface area (Å²) in [5.41, 5.74) is 1.71. The van der Waals surface area contributed by atoms with Crippen molar-refractivity contribution in [3.05, 3.63) is 59.9 Å². The van der Waals surface area contributed by atoms with E-state index in [2.05, 4.69) is 10.1 Å². The maximum absolute atomic E-state index is 14.5. The van der Waals surface area contributed by atoms with Gasteiger partial charge in [-0.15, -0.1) is 11.3 Å². The summed E-state index contributed by atoms with van der Waals surface area (Å²) in [5.74, 6) is 0.250. The molecule has 3 aromatic heterocycles. The quantitative estimate of drug-likeness (QED) is 0.337. The summed E-state index contributed by atoms with van der Waals surface area (Å²) in [6.45, 7) is 0.958. The molecular weight excluding hydrogens is 527 g/mol. The van der Waals surface area contributed by atoms with Gasteiger partial charge in [0.1, 0.15) is 35.1 Å². The normalized spacial score (nSPS) is 16.1. The Balaban J connectivity index is 1.31. The second kappa shape index (κ2) is 9.62. The number of thiophene rings is 1. The number of rotatable bonds is 4. The number of benzene rings is 1. The molecule has 38 heavy (non-hydrogen) atoms. The Hall–Kier alpha value is -3.58. The number of alkyl halides is 3. The molecule has 1 fully saturated rings. The fourth-order valence-electron chi connectivity index (χ4n) is 4.71. The third kappa shape index (κ3) is 4.83. The van der Waals surface area contributed by atoms with Crippen molar-refractivity contribution in [2.75, 3.05) is 44.2 Å². The number of pyridine rings is 1. The van der Waals surface area contributed by atoms with Gasteiger partial charge in [-0.3, -0.25) is 4.90 Å². The predicted molar refractivity (Wildman–Crippen MR) is 132 cm³/mol. The second-order valence-corrected chi connectivity index (χ2v) is 10.1. The van der Waals surface area contributed by atoms with E-state index in [9.17, 15) is 22.0 Å².